The van der Waals surface area contributed by atoms with Gasteiger partial charge in [-0.1, -0.05) is 42.5 Å². The molecule has 0 heterocycles. The number of hydrogen-bond acceptors (Lipinski definition) is 3. The Hall–Kier alpha value is -1.84. The maximum atomic E-state index is 9.86. The van der Waals surface area contributed by atoms with Crippen LogP contribution in [0.15, 0.2) is 48.5 Å². The van der Waals surface area contributed by atoms with Crippen LogP contribution in [0.25, 0.3) is 0 Å². The van der Waals surface area contributed by atoms with Crippen molar-refractivity contribution in [3.8, 4) is 5.75 Å². The standard InChI is InChI=1S/C17H21NO2/c1-13-6-5-9-17(20)16(13)11-18-15(12-19)10-14-7-3-2-4-8-14/h2-9,15,18-20H,10-12H2,1H3/t15-/m0/s1. The molecule has 0 aliphatic heterocycles. The molecule has 3 nitrogen and oxygen atoms in total. The summed E-state index contributed by atoms with van der Waals surface area (Å²) in [5, 5.41) is 22.6. The van der Waals surface area contributed by atoms with Crippen LogP contribution >= 0.6 is 0 Å². The lowest BCUT2D eigenvalue weighted by molar-refractivity contribution is 0.240. The van der Waals surface area contributed by atoms with Gasteiger partial charge < -0.3 is 15.5 Å². The highest BCUT2D eigenvalue weighted by Gasteiger charge is 2.10. The first-order valence-corrected chi connectivity index (χ1v) is 6.86. The van der Waals surface area contributed by atoms with Gasteiger partial charge in [0.2, 0.25) is 0 Å². The van der Waals surface area contributed by atoms with Gasteiger partial charge in [-0.2, -0.15) is 0 Å². The molecular weight excluding hydrogens is 250 g/mol. The summed E-state index contributed by atoms with van der Waals surface area (Å²) >= 11 is 0. The van der Waals surface area contributed by atoms with Gasteiger partial charge in [0.1, 0.15) is 5.75 Å². The van der Waals surface area contributed by atoms with Crippen LogP contribution in [0.4, 0.5) is 0 Å². The van der Waals surface area contributed by atoms with E-state index in [1.54, 1.807) is 6.07 Å². The van der Waals surface area contributed by atoms with Crippen LogP contribution in [0.5, 0.6) is 5.75 Å². The molecule has 0 bridgehead atoms. The summed E-state index contributed by atoms with van der Waals surface area (Å²) in [5.41, 5.74) is 3.13. The highest BCUT2D eigenvalue weighted by atomic mass is 16.3. The smallest absolute Gasteiger partial charge is 0.120 e. The minimum atomic E-state index is -0.0172. The molecule has 0 unspecified atom stereocenters. The zero-order chi connectivity index (χ0) is 14.4. The van der Waals surface area contributed by atoms with Crippen molar-refractivity contribution < 1.29 is 10.2 Å². The maximum Gasteiger partial charge on any atom is 0.120 e. The zero-order valence-corrected chi connectivity index (χ0v) is 11.7. The molecule has 0 aromatic heterocycles. The van der Waals surface area contributed by atoms with E-state index < -0.39 is 0 Å². The van der Waals surface area contributed by atoms with Crippen molar-refractivity contribution in [1.82, 2.24) is 5.32 Å². The number of aliphatic hydroxyl groups excluding tert-OH is 1. The third kappa shape index (κ3) is 3.83. The molecule has 0 spiro atoms. The molecular formula is C17H21NO2. The number of aryl methyl sites for hydroxylation is 1. The highest BCUT2D eigenvalue weighted by molar-refractivity contribution is 5.38. The van der Waals surface area contributed by atoms with Gasteiger partial charge in [0.25, 0.3) is 0 Å². The highest BCUT2D eigenvalue weighted by Crippen LogP contribution is 2.20. The van der Waals surface area contributed by atoms with Gasteiger partial charge in [-0.15, -0.1) is 0 Å². The van der Waals surface area contributed by atoms with Gasteiger partial charge in [0.05, 0.1) is 6.61 Å². The molecule has 0 aliphatic carbocycles. The van der Waals surface area contributed by atoms with E-state index in [1.807, 2.05) is 37.3 Å². The van der Waals surface area contributed by atoms with E-state index in [0.29, 0.717) is 12.3 Å². The molecule has 2 aromatic rings. The van der Waals surface area contributed by atoms with E-state index in [2.05, 4.69) is 17.4 Å². The summed E-state index contributed by atoms with van der Waals surface area (Å²) in [4.78, 5) is 0. The van der Waals surface area contributed by atoms with Gasteiger partial charge >= 0.3 is 0 Å². The number of rotatable bonds is 6. The van der Waals surface area contributed by atoms with Crippen LogP contribution in [0.1, 0.15) is 16.7 Å². The lowest BCUT2D eigenvalue weighted by Crippen LogP contribution is -2.34. The number of phenols is 1. The Labute approximate surface area is 119 Å². The second-order valence-electron chi connectivity index (χ2n) is 5.02. The summed E-state index contributed by atoms with van der Waals surface area (Å²) in [7, 11) is 0. The molecule has 20 heavy (non-hydrogen) atoms. The van der Waals surface area contributed by atoms with Crippen LogP contribution in [-0.2, 0) is 13.0 Å². The summed E-state index contributed by atoms with van der Waals surface area (Å²) < 4.78 is 0. The average Bonchev–Trinajstić information content (AvgIpc) is 2.46. The molecule has 3 heteroatoms. The number of aliphatic hydroxyl groups is 1. The van der Waals surface area contributed by atoms with E-state index in [9.17, 15) is 10.2 Å². The van der Waals surface area contributed by atoms with Gasteiger partial charge in [-0.05, 0) is 30.5 Å². The van der Waals surface area contributed by atoms with Crippen molar-refractivity contribution in [3.05, 3.63) is 65.2 Å². The lowest BCUT2D eigenvalue weighted by atomic mass is 10.0. The first kappa shape index (κ1) is 14.6. The SMILES string of the molecule is Cc1cccc(O)c1CN[C@H](CO)Cc1ccccc1. The molecule has 2 aromatic carbocycles. The van der Waals surface area contributed by atoms with Crippen molar-refractivity contribution in [2.75, 3.05) is 6.61 Å². The molecule has 0 fully saturated rings. The van der Waals surface area contributed by atoms with E-state index in [4.69, 9.17) is 0 Å². The molecule has 106 valence electrons. The minimum absolute atomic E-state index is 0.0172. The van der Waals surface area contributed by atoms with Gasteiger partial charge in [-0.3, -0.25) is 0 Å². The molecule has 2 rings (SSSR count). The Balaban J connectivity index is 1.97. The van der Waals surface area contributed by atoms with Crippen LogP contribution in [-0.4, -0.2) is 22.9 Å². The molecule has 0 saturated heterocycles. The van der Waals surface area contributed by atoms with Crippen molar-refractivity contribution >= 4 is 0 Å². The molecule has 3 N–H and O–H groups in total. The molecule has 0 radical (unpaired) electrons. The summed E-state index contributed by atoms with van der Waals surface area (Å²) in [6.07, 6.45) is 0.768. The molecule has 0 amide bonds. The normalized spacial score (nSPS) is 12.3. The Kier molecular flexibility index (Phi) is 5.16. The summed E-state index contributed by atoms with van der Waals surface area (Å²) in [6.45, 7) is 2.60. The van der Waals surface area contributed by atoms with E-state index in [0.717, 1.165) is 17.5 Å². The fraction of sp³-hybridized carbons (Fsp3) is 0.294. The molecule has 1 atom stereocenters. The van der Waals surface area contributed by atoms with Crippen LogP contribution < -0.4 is 5.32 Å². The predicted molar refractivity (Wildman–Crippen MR) is 80.7 cm³/mol. The fourth-order valence-electron chi connectivity index (χ4n) is 2.26. The Morgan fingerprint density at radius 2 is 1.80 bits per heavy atom. The number of hydrogen-bond donors (Lipinski definition) is 3. The lowest BCUT2D eigenvalue weighted by Gasteiger charge is -2.18. The first-order chi connectivity index (χ1) is 9.70. The largest absolute Gasteiger partial charge is 0.508 e. The monoisotopic (exact) mass is 271 g/mol. The number of nitrogens with one attached hydrogen (secondary N) is 1. The topological polar surface area (TPSA) is 52.5 Å². The Morgan fingerprint density at radius 1 is 1.05 bits per heavy atom. The van der Waals surface area contributed by atoms with Crippen LogP contribution in [0, 0.1) is 6.92 Å². The average molecular weight is 271 g/mol. The Bertz CT molecular complexity index is 520. The van der Waals surface area contributed by atoms with Crippen LogP contribution in [0.2, 0.25) is 0 Å². The van der Waals surface area contributed by atoms with Gasteiger partial charge in [0.15, 0.2) is 0 Å². The third-order valence-corrected chi connectivity index (χ3v) is 3.50. The summed E-state index contributed by atoms with van der Waals surface area (Å²) in [6, 6.07) is 15.6. The van der Waals surface area contributed by atoms with E-state index in [1.165, 1.54) is 5.56 Å². The Morgan fingerprint density at radius 3 is 2.45 bits per heavy atom. The third-order valence-electron chi connectivity index (χ3n) is 3.50. The quantitative estimate of drug-likeness (QED) is 0.756. The number of phenolic OH excluding ortho intramolecular Hbond substituents is 1. The number of benzene rings is 2. The maximum absolute atomic E-state index is 9.86. The second-order valence-corrected chi connectivity index (χ2v) is 5.02. The fourth-order valence-corrected chi connectivity index (χ4v) is 2.26. The molecule has 0 aliphatic rings. The second kappa shape index (κ2) is 7.08. The van der Waals surface area contributed by atoms with Gasteiger partial charge in [0, 0.05) is 18.2 Å². The van der Waals surface area contributed by atoms with Crippen LogP contribution in [0.3, 0.4) is 0 Å². The minimum Gasteiger partial charge on any atom is -0.508 e. The summed E-state index contributed by atoms with van der Waals surface area (Å²) in [5.74, 6) is 0.300. The zero-order valence-electron chi connectivity index (χ0n) is 11.7. The molecule has 0 saturated carbocycles. The van der Waals surface area contributed by atoms with E-state index in [-0.39, 0.29) is 12.6 Å². The predicted octanol–water partition coefficient (Wildman–Crippen LogP) is 2.39. The van der Waals surface area contributed by atoms with Crippen molar-refractivity contribution in [1.29, 1.82) is 0 Å². The van der Waals surface area contributed by atoms with Crippen molar-refractivity contribution in [3.63, 3.8) is 0 Å². The van der Waals surface area contributed by atoms with Crippen molar-refractivity contribution in [2.45, 2.75) is 25.9 Å². The number of aromatic hydroxyl groups is 1. The first-order valence-electron chi connectivity index (χ1n) is 6.86. The van der Waals surface area contributed by atoms with E-state index >= 15 is 0 Å². The van der Waals surface area contributed by atoms with Gasteiger partial charge in [-0.25, -0.2) is 0 Å². The van der Waals surface area contributed by atoms with Crippen molar-refractivity contribution in [2.24, 2.45) is 0 Å².